The summed E-state index contributed by atoms with van der Waals surface area (Å²) in [5.74, 6) is 0.273. The van der Waals surface area contributed by atoms with Gasteiger partial charge in [-0.2, -0.15) is 0 Å². The van der Waals surface area contributed by atoms with Crippen molar-refractivity contribution in [2.75, 3.05) is 0 Å². The van der Waals surface area contributed by atoms with Crippen molar-refractivity contribution in [2.24, 2.45) is 0 Å². The van der Waals surface area contributed by atoms with Crippen LogP contribution in [0.1, 0.15) is 0 Å². The fraction of sp³-hybridized carbons (Fsp3) is 0. The molecule has 2 aromatic carbocycles. The van der Waals surface area contributed by atoms with E-state index in [0.29, 0.717) is 0 Å². The molecule has 88 valence electrons. The third kappa shape index (κ3) is 2.09. The van der Waals surface area contributed by atoms with Gasteiger partial charge in [0, 0.05) is 21.6 Å². The third-order valence-corrected chi connectivity index (χ3v) is 3.34. The summed E-state index contributed by atoms with van der Waals surface area (Å²) in [7, 11) is 0. The molecular formula is C15H10BrNO. The molecule has 0 radical (unpaired) electrons. The molecule has 0 atom stereocenters. The molecule has 3 aromatic rings. The SMILES string of the molecule is Oc1ccc(-c2cnc3ccc(Br)cc3c2)cc1. The Morgan fingerprint density at radius 1 is 0.889 bits per heavy atom. The molecule has 1 aromatic heterocycles. The molecule has 0 fully saturated rings. The summed E-state index contributed by atoms with van der Waals surface area (Å²) in [4.78, 5) is 4.44. The molecule has 0 aliphatic heterocycles. The van der Waals surface area contributed by atoms with Gasteiger partial charge >= 0.3 is 0 Å². The van der Waals surface area contributed by atoms with Crippen LogP contribution in [-0.4, -0.2) is 10.1 Å². The minimum Gasteiger partial charge on any atom is -0.508 e. The highest BCUT2D eigenvalue weighted by atomic mass is 79.9. The first-order valence-electron chi connectivity index (χ1n) is 5.57. The minimum absolute atomic E-state index is 0.273. The monoisotopic (exact) mass is 299 g/mol. The molecule has 0 spiro atoms. The minimum atomic E-state index is 0.273. The Kier molecular flexibility index (Phi) is 2.76. The van der Waals surface area contributed by atoms with Gasteiger partial charge in [-0.05, 0) is 42.0 Å². The van der Waals surface area contributed by atoms with Gasteiger partial charge in [0.25, 0.3) is 0 Å². The first-order valence-corrected chi connectivity index (χ1v) is 6.36. The van der Waals surface area contributed by atoms with E-state index in [9.17, 15) is 5.11 Å². The zero-order valence-corrected chi connectivity index (χ0v) is 11.1. The molecule has 3 heteroatoms. The van der Waals surface area contributed by atoms with Gasteiger partial charge in [-0.3, -0.25) is 4.98 Å². The summed E-state index contributed by atoms with van der Waals surface area (Å²) in [6, 6.07) is 15.2. The highest BCUT2D eigenvalue weighted by molar-refractivity contribution is 9.10. The summed E-state index contributed by atoms with van der Waals surface area (Å²) < 4.78 is 1.04. The maximum atomic E-state index is 9.29. The van der Waals surface area contributed by atoms with Crippen molar-refractivity contribution in [2.45, 2.75) is 0 Å². The molecule has 0 saturated heterocycles. The summed E-state index contributed by atoms with van der Waals surface area (Å²) in [5, 5.41) is 10.4. The van der Waals surface area contributed by atoms with Crippen molar-refractivity contribution in [3.63, 3.8) is 0 Å². The quantitative estimate of drug-likeness (QED) is 0.724. The Bertz CT molecular complexity index is 707. The van der Waals surface area contributed by atoms with Crippen molar-refractivity contribution >= 4 is 26.8 Å². The number of pyridine rings is 1. The summed E-state index contributed by atoms with van der Waals surface area (Å²) >= 11 is 3.46. The second kappa shape index (κ2) is 4.42. The van der Waals surface area contributed by atoms with E-state index >= 15 is 0 Å². The van der Waals surface area contributed by atoms with E-state index in [2.05, 4.69) is 27.0 Å². The topological polar surface area (TPSA) is 33.1 Å². The number of phenols is 1. The Balaban J connectivity index is 2.15. The van der Waals surface area contributed by atoms with Crippen molar-refractivity contribution in [1.29, 1.82) is 0 Å². The van der Waals surface area contributed by atoms with Crippen LogP contribution < -0.4 is 0 Å². The number of phenolic OH excluding ortho intramolecular Hbond substituents is 1. The van der Waals surface area contributed by atoms with Gasteiger partial charge in [0.2, 0.25) is 0 Å². The van der Waals surface area contributed by atoms with E-state index in [1.165, 1.54) is 0 Å². The second-order valence-electron chi connectivity index (χ2n) is 4.11. The maximum absolute atomic E-state index is 9.29. The molecule has 0 aliphatic carbocycles. The second-order valence-corrected chi connectivity index (χ2v) is 5.02. The lowest BCUT2D eigenvalue weighted by Gasteiger charge is -2.04. The Hall–Kier alpha value is -1.87. The van der Waals surface area contributed by atoms with E-state index in [1.54, 1.807) is 12.1 Å². The standard InChI is InChI=1S/C15H10BrNO/c16-13-3-6-15-11(8-13)7-12(9-17-15)10-1-4-14(18)5-2-10/h1-9,18H. The Morgan fingerprint density at radius 2 is 1.67 bits per heavy atom. The Labute approximate surface area is 113 Å². The van der Waals surface area contributed by atoms with Crippen LogP contribution in [0.25, 0.3) is 22.0 Å². The number of fused-ring (bicyclic) bond motifs is 1. The molecule has 0 aliphatic rings. The normalized spacial score (nSPS) is 10.7. The van der Waals surface area contributed by atoms with Gasteiger partial charge in [-0.15, -0.1) is 0 Å². The first kappa shape index (κ1) is 11.2. The van der Waals surface area contributed by atoms with Gasteiger partial charge in [0.05, 0.1) is 5.52 Å². The fourth-order valence-electron chi connectivity index (χ4n) is 1.91. The number of hydrogen-bond acceptors (Lipinski definition) is 2. The van der Waals surface area contributed by atoms with Gasteiger partial charge in [0.1, 0.15) is 5.75 Å². The molecule has 2 nitrogen and oxygen atoms in total. The van der Waals surface area contributed by atoms with E-state index in [4.69, 9.17) is 0 Å². The molecule has 0 amide bonds. The molecule has 18 heavy (non-hydrogen) atoms. The number of aromatic hydroxyl groups is 1. The zero-order chi connectivity index (χ0) is 12.5. The van der Waals surface area contributed by atoms with Crippen LogP contribution in [-0.2, 0) is 0 Å². The van der Waals surface area contributed by atoms with E-state index in [0.717, 1.165) is 26.5 Å². The molecule has 0 saturated carbocycles. The Morgan fingerprint density at radius 3 is 2.44 bits per heavy atom. The van der Waals surface area contributed by atoms with Crippen LogP contribution in [0, 0.1) is 0 Å². The number of nitrogens with zero attached hydrogens (tertiary/aromatic N) is 1. The average Bonchev–Trinajstić information content (AvgIpc) is 2.38. The number of halogens is 1. The van der Waals surface area contributed by atoms with Gasteiger partial charge in [0.15, 0.2) is 0 Å². The van der Waals surface area contributed by atoms with Crippen molar-refractivity contribution < 1.29 is 5.11 Å². The molecular weight excluding hydrogens is 290 g/mol. The number of rotatable bonds is 1. The number of benzene rings is 2. The summed E-state index contributed by atoms with van der Waals surface area (Å²) in [6.07, 6.45) is 1.85. The van der Waals surface area contributed by atoms with Crippen LogP contribution in [0.5, 0.6) is 5.75 Å². The van der Waals surface area contributed by atoms with Crippen LogP contribution in [0.4, 0.5) is 0 Å². The van der Waals surface area contributed by atoms with Crippen molar-refractivity contribution in [1.82, 2.24) is 4.98 Å². The van der Waals surface area contributed by atoms with Gasteiger partial charge < -0.3 is 5.11 Å². The molecule has 1 N–H and O–H groups in total. The van der Waals surface area contributed by atoms with Gasteiger partial charge in [-0.1, -0.05) is 28.1 Å². The van der Waals surface area contributed by atoms with Gasteiger partial charge in [-0.25, -0.2) is 0 Å². The predicted octanol–water partition coefficient (Wildman–Crippen LogP) is 4.37. The van der Waals surface area contributed by atoms with E-state index in [-0.39, 0.29) is 5.75 Å². The van der Waals surface area contributed by atoms with Crippen LogP contribution in [0.15, 0.2) is 59.2 Å². The van der Waals surface area contributed by atoms with Crippen molar-refractivity contribution in [3.8, 4) is 16.9 Å². The zero-order valence-electron chi connectivity index (χ0n) is 9.47. The van der Waals surface area contributed by atoms with E-state index in [1.807, 2.05) is 36.5 Å². The number of hydrogen-bond donors (Lipinski definition) is 1. The average molecular weight is 300 g/mol. The van der Waals surface area contributed by atoms with Crippen LogP contribution in [0.2, 0.25) is 0 Å². The third-order valence-electron chi connectivity index (χ3n) is 2.84. The maximum Gasteiger partial charge on any atom is 0.115 e. The number of aromatic nitrogens is 1. The lowest BCUT2D eigenvalue weighted by Crippen LogP contribution is -1.83. The fourth-order valence-corrected chi connectivity index (χ4v) is 2.29. The summed E-state index contributed by atoms with van der Waals surface area (Å²) in [6.45, 7) is 0. The van der Waals surface area contributed by atoms with Crippen LogP contribution in [0.3, 0.4) is 0 Å². The lowest BCUT2D eigenvalue weighted by atomic mass is 10.1. The lowest BCUT2D eigenvalue weighted by molar-refractivity contribution is 0.475. The smallest absolute Gasteiger partial charge is 0.115 e. The first-order chi connectivity index (χ1) is 8.72. The molecule has 1 heterocycles. The molecule has 3 rings (SSSR count). The highest BCUT2D eigenvalue weighted by Crippen LogP contribution is 2.25. The summed E-state index contributed by atoms with van der Waals surface area (Å²) in [5.41, 5.74) is 3.06. The van der Waals surface area contributed by atoms with Crippen molar-refractivity contribution in [3.05, 3.63) is 59.2 Å². The predicted molar refractivity (Wildman–Crippen MR) is 76.5 cm³/mol. The molecule has 0 unspecified atom stereocenters. The van der Waals surface area contributed by atoms with E-state index < -0.39 is 0 Å². The largest absolute Gasteiger partial charge is 0.508 e. The molecule has 0 bridgehead atoms. The van der Waals surface area contributed by atoms with Crippen LogP contribution >= 0.6 is 15.9 Å². The highest BCUT2D eigenvalue weighted by Gasteiger charge is 2.01.